The van der Waals surface area contributed by atoms with Crippen molar-refractivity contribution in [2.24, 2.45) is 0 Å². The van der Waals surface area contributed by atoms with E-state index in [-0.39, 0.29) is 17.0 Å². The Morgan fingerprint density at radius 2 is 1.52 bits per heavy atom. The van der Waals surface area contributed by atoms with Gasteiger partial charge in [-0.3, -0.25) is 4.79 Å². The maximum Gasteiger partial charge on any atom is 0.471 e. The van der Waals surface area contributed by atoms with E-state index in [2.05, 4.69) is 0 Å². The van der Waals surface area contributed by atoms with Crippen molar-refractivity contribution in [2.75, 3.05) is 33.8 Å². The lowest BCUT2D eigenvalue weighted by Crippen LogP contribution is -2.30. The van der Waals surface area contributed by atoms with Crippen molar-refractivity contribution in [2.45, 2.75) is 11.9 Å². The first kappa shape index (κ1) is 25.8. The summed E-state index contributed by atoms with van der Waals surface area (Å²) in [5, 5.41) is 2.61. The minimum absolute atomic E-state index is 0.0583. The number of hydrogen-bond donors (Lipinski definition) is 1. The summed E-state index contributed by atoms with van der Waals surface area (Å²) in [5.74, 6) is -1.77. The zero-order valence-electron chi connectivity index (χ0n) is 18.1. The standard InChI is InChI=1S/C21H22F3NO7S/c1-29-14-10-18(31-3)15(19(11-14)32-4)7-8-33(27,28)12-13-5-6-17(30-2)16(9-13)25-20(26)21(22,23)24/h5-11H,12H2,1-4H3,(H,25,26). The van der Waals surface area contributed by atoms with Crippen LogP contribution in [0.4, 0.5) is 18.9 Å². The van der Waals surface area contributed by atoms with Gasteiger partial charge in [0.1, 0.15) is 23.0 Å². The fourth-order valence-electron chi connectivity index (χ4n) is 2.78. The molecule has 0 saturated heterocycles. The topological polar surface area (TPSA) is 100 Å². The van der Waals surface area contributed by atoms with Crippen molar-refractivity contribution in [3.05, 3.63) is 46.9 Å². The van der Waals surface area contributed by atoms with Crippen molar-refractivity contribution in [3.8, 4) is 23.0 Å². The summed E-state index contributed by atoms with van der Waals surface area (Å²) in [4.78, 5) is 11.3. The Bertz CT molecular complexity index is 1120. The van der Waals surface area contributed by atoms with E-state index in [0.717, 1.165) is 11.5 Å². The van der Waals surface area contributed by atoms with Gasteiger partial charge in [-0.25, -0.2) is 8.42 Å². The fraction of sp³-hybridized carbons (Fsp3) is 0.286. The summed E-state index contributed by atoms with van der Waals surface area (Å²) in [7, 11) is 1.56. The molecule has 1 amide bonds. The van der Waals surface area contributed by atoms with Crippen LogP contribution in [0.3, 0.4) is 0 Å². The smallest absolute Gasteiger partial charge is 0.471 e. The average Bonchev–Trinajstić information content (AvgIpc) is 2.76. The Labute approximate surface area is 188 Å². The number of anilines is 1. The normalized spacial score (nSPS) is 11.8. The van der Waals surface area contributed by atoms with E-state index in [0.29, 0.717) is 22.8 Å². The number of benzene rings is 2. The lowest BCUT2D eigenvalue weighted by Gasteiger charge is -2.13. The molecule has 12 heteroatoms. The Kier molecular flexibility index (Phi) is 8.20. The highest BCUT2D eigenvalue weighted by molar-refractivity contribution is 7.93. The zero-order chi connectivity index (χ0) is 24.8. The van der Waals surface area contributed by atoms with Crippen molar-refractivity contribution < 1.29 is 45.3 Å². The van der Waals surface area contributed by atoms with E-state index in [1.807, 2.05) is 0 Å². The van der Waals surface area contributed by atoms with Crippen LogP contribution in [0.15, 0.2) is 35.7 Å². The predicted octanol–water partition coefficient (Wildman–Crippen LogP) is 3.81. The molecule has 0 aliphatic carbocycles. The van der Waals surface area contributed by atoms with Gasteiger partial charge >= 0.3 is 12.1 Å². The molecule has 2 rings (SSSR count). The molecule has 2 aromatic carbocycles. The molecule has 2 aromatic rings. The van der Waals surface area contributed by atoms with E-state index >= 15 is 0 Å². The van der Waals surface area contributed by atoms with Crippen molar-refractivity contribution in [1.29, 1.82) is 0 Å². The molecular formula is C21H22F3NO7S. The molecule has 180 valence electrons. The first-order chi connectivity index (χ1) is 15.4. The Morgan fingerprint density at radius 1 is 0.939 bits per heavy atom. The second kappa shape index (κ2) is 10.5. The van der Waals surface area contributed by atoms with Crippen LogP contribution >= 0.6 is 0 Å². The molecule has 0 radical (unpaired) electrons. The summed E-state index contributed by atoms with van der Waals surface area (Å²) in [6.45, 7) is 0. The molecule has 0 saturated carbocycles. The highest BCUT2D eigenvalue weighted by Crippen LogP contribution is 2.35. The van der Waals surface area contributed by atoms with Crippen LogP contribution < -0.4 is 24.3 Å². The number of halogens is 3. The summed E-state index contributed by atoms with van der Waals surface area (Å²) >= 11 is 0. The van der Waals surface area contributed by atoms with Gasteiger partial charge in [-0.1, -0.05) is 6.07 Å². The van der Waals surface area contributed by atoms with Gasteiger partial charge in [0.05, 0.1) is 45.4 Å². The molecule has 33 heavy (non-hydrogen) atoms. The zero-order valence-corrected chi connectivity index (χ0v) is 19.0. The Balaban J connectivity index is 2.34. The number of methoxy groups -OCH3 is 4. The highest BCUT2D eigenvalue weighted by Gasteiger charge is 2.39. The first-order valence-electron chi connectivity index (χ1n) is 9.20. The van der Waals surface area contributed by atoms with Crippen molar-refractivity contribution in [1.82, 2.24) is 0 Å². The van der Waals surface area contributed by atoms with Gasteiger partial charge in [-0.05, 0) is 23.8 Å². The second-order valence-corrected chi connectivity index (χ2v) is 8.43. The van der Waals surface area contributed by atoms with Gasteiger partial charge in [0.15, 0.2) is 9.84 Å². The van der Waals surface area contributed by atoms with Crippen LogP contribution in [0.2, 0.25) is 0 Å². The third kappa shape index (κ3) is 6.78. The molecular weight excluding hydrogens is 467 g/mol. The molecule has 0 fully saturated rings. The lowest BCUT2D eigenvalue weighted by atomic mass is 10.1. The summed E-state index contributed by atoms with van der Waals surface area (Å²) in [5.41, 5.74) is 0.166. The number of amides is 1. The third-order valence-corrected chi connectivity index (χ3v) is 5.62. The monoisotopic (exact) mass is 489 g/mol. The van der Waals surface area contributed by atoms with Crippen LogP contribution in [0.5, 0.6) is 23.0 Å². The minimum Gasteiger partial charge on any atom is -0.496 e. The Morgan fingerprint density at radius 3 is 2.00 bits per heavy atom. The molecule has 0 unspecified atom stereocenters. The molecule has 0 heterocycles. The molecule has 0 bridgehead atoms. The fourth-order valence-corrected chi connectivity index (χ4v) is 3.87. The minimum atomic E-state index is -5.12. The molecule has 1 N–H and O–H groups in total. The van der Waals surface area contributed by atoms with Gasteiger partial charge in [-0.2, -0.15) is 13.2 Å². The lowest BCUT2D eigenvalue weighted by molar-refractivity contribution is -0.167. The van der Waals surface area contributed by atoms with Gasteiger partial charge < -0.3 is 24.3 Å². The van der Waals surface area contributed by atoms with Crippen molar-refractivity contribution >= 4 is 27.5 Å². The quantitative estimate of drug-likeness (QED) is 0.572. The molecule has 0 aliphatic heterocycles. The van der Waals surface area contributed by atoms with E-state index in [9.17, 15) is 26.4 Å². The second-order valence-electron chi connectivity index (χ2n) is 6.54. The predicted molar refractivity (Wildman–Crippen MR) is 115 cm³/mol. The number of ether oxygens (including phenoxy) is 4. The molecule has 0 aliphatic rings. The molecule has 0 spiro atoms. The van der Waals surface area contributed by atoms with Crippen LogP contribution in [-0.2, 0) is 20.4 Å². The first-order valence-corrected chi connectivity index (χ1v) is 10.9. The SMILES string of the molecule is COc1cc(OC)c(C=CS(=O)(=O)Cc2ccc(OC)c(NC(=O)C(F)(F)F)c2)c(OC)c1. The third-order valence-electron chi connectivity index (χ3n) is 4.33. The number of carbonyl (C=O) groups excluding carboxylic acids is 1. The van der Waals surface area contributed by atoms with Crippen LogP contribution in [0, 0.1) is 0 Å². The Hall–Kier alpha value is -3.41. The van der Waals surface area contributed by atoms with Crippen LogP contribution in [0.25, 0.3) is 6.08 Å². The number of sulfone groups is 1. The maximum atomic E-state index is 12.7. The summed E-state index contributed by atoms with van der Waals surface area (Å²) in [6, 6.07) is 6.82. The molecule has 0 aromatic heterocycles. The summed E-state index contributed by atoms with van der Waals surface area (Å²) in [6.07, 6.45) is -3.84. The number of hydrogen-bond acceptors (Lipinski definition) is 7. The number of rotatable bonds is 9. The van der Waals surface area contributed by atoms with Crippen LogP contribution in [0.1, 0.15) is 11.1 Å². The molecule has 0 atom stereocenters. The van der Waals surface area contributed by atoms with Crippen LogP contribution in [-0.4, -0.2) is 48.9 Å². The maximum absolute atomic E-state index is 12.7. The average molecular weight is 489 g/mol. The number of carbonyl (C=O) groups is 1. The van der Waals surface area contributed by atoms with E-state index in [4.69, 9.17) is 18.9 Å². The van der Waals surface area contributed by atoms with E-state index in [1.165, 1.54) is 46.6 Å². The highest BCUT2D eigenvalue weighted by atomic mass is 32.2. The largest absolute Gasteiger partial charge is 0.496 e. The van der Waals surface area contributed by atoms with Gasteiger partial charge in [0.2, 0.25) is 0 Å². The van der Waals surface area contributed by atoms with Gasteiger partial charge in [-0.15, -0.1) is 0 Å². The van der Waals surface area contributed by atoms with Gasteiger partial charge in [0, 0.05) is 17.5 Å². The van der Waals surface area contributed by atoms with Gasteiger partial charge in [0.25, 0.3) is 0 Å². The van der Waals surface area contributed by atoms with Crippen molar-refractivity contribution in [3.63, 3.8) is 0 Å². The molecule has 8 nitrogen and oxygen atoms in total. The van der Waals surface area contributed by atoms with E-state index in [1.54, 1.807) is 17.4 Å². The number of nitrogens with one attached hydrogen (secondary N) is 1. The summed E-state index contributed by atoms with van der Waals surface area (Å²) < 4.78 is 83.7. The van der Waals surface area contributed by atoms with E-state index < -0.39 is 27.7 Å². The number of alkyl halides is 3.